The van der Waals surface area contributed by atoms with Crippen LogP contribution in [0.4, 0.5) is 0 Å². The smallest absolute Gasteiger partial charge is 0.312 e. The van der Waals surface area contributed by atoms with Crippen molar-refractivity contribution < 1.29 is 19.5 Å². The molecule has 0 saturated carbocycles. The molecule has 2 aliphatic heterocycles. The van der Waals surface area contributed by atoms with E-state index in [4.69, 9.17) is 0 Å². The molecule has 2 rings (SSSR count). The average Bonchev–Trinajstić information content (AvgIpc) is 2.87. The van der Waals surface area contributed by atoms with Gasteiger partial charge in [-0.2, -0.15) is 0 Å². The Morgan fingerprint density at radius 2 is 1.91 bits per heavy atom. The van der Waals surface area contributed by atoms with Gasteiger partial charge in [-0.25, -0.2) is 0 Å². The van der Waals surface area contributed by atoms with Crippen LogP contribution in [-0.2, 0) is 14.4 Å². The van der Waals surface area contributed by atoms with Gasteiger partial charge < -0.3 is 25.5 Å². The van der Waals surface area contributed by atoms with Crippen LogP contribution in [-0.4, -0.2) is 84.5 Å². The van der Waals surface area contributed by atoms with Gasteiger partial charge >= 0.3 is 11.8 Å². The molecule has 0 aliphatic carbocycles. The molecular weight excluding hydrogens is 312 g/mol. The second-order valence-electron chi connectivity index (χ2n) is 5.40. The van der Waals surface area contributed by atoms with Crippen molar-refractivity contribution in [2.24, 2.45) is 5.92 Å². The Bertz CT molecular complexity index is 434. The minimum absolute atomic E-state index is 0. The number of aliphatic hydroxyl groups is 1. The zero-order chi connectivity index (χ0) is 15.4. The van der Waals surface area contributed by atoms with E-state index in [1.165, 1.54) is 9.80 Å². The number of rotatable bonds is 5. The lowest BCUT2D eigenvalue weighted by Crippen LogP contribution is -2.56. The molecule has 2 aliphatic rings. The lowest BCUT2D eigenvalue weighted by molar-refractivity contribution is -0.156. The number of piperazine rings is 1. The quantitative estimate of drug-likeness (QED) is 0.495. The van der Waals surface area contributed by atoms with Crippen LogP contribution in [0.2, 0.25) is 0 Å². The maximum atomic E-state index is 11.8. The predicted molar refractivity (Wildman–Crippen MR) is 81.5 cm³/mol. The highest BCUT2D eigenvalue weighted by Crippen LogP contribution is 2.07. The fourth-order valence-electron chi connectivity index (χ4n) is 2.57. The van der Waals surface area contributed by atoms with Gasteiger partial charge in [0.1, 0.15) is 6.54 Å². The zero-order valence-corrected chi connectivity index (χ0v) is 13.4. The van der Waals surface area contributed by atoms with E-state index < -0.39 is 17.9 Å². The van der Waals surface area contributed by atoms with Gasteiger partial charge in [-0.05, 0) is 6.92 Å². The molecule has 2 fully saturated rings. The molecule has 2 unspecified atom stereocenters. The molecule has 8 nitrogen and oxygen atoms in total. The molecule has 3 amide bonds. The minimum Gasteiger partial charge on any atom is -0.391 e. The summed E-state index contributed by atoms with van der Waals surface area (Å²) < 4.78 is 0. The largest absolute Gasteiger partial charge is 0.391 e. The first-order chi connectivity index (χ1) is 10.0. The van der Waals surface area contributed by atoms with Crippen LogP contribution in [0.15, 0.2) is 0 Å². The van der Waals surface area contributed by atoms with Gasteiger partial charge in [-0.3, -0.25) is 14.4 Å². The number of likely N-dealkylation sites (N-methyl/N-ethyl adjacent to an activating group) is 1. The molecule has 0 radical (unpaired) electrons. The van der Waals surface area contributed by atoms with E-state index >= 15 is 0 Å². The number of nitrogens with one attached hydrogen (secondary N) is 2. The van der Waals surface area contributed by atoms with Crippen molar-refractivity contribution >= 4 is 30.1 Å². The van der Waals surface area contributed by atoms with Gasteiger partial charge in [0, 0.05) is 45.2 Å². The standard InChI is InChI=1S/C13H22N4O4.ClH/c1-2-16-3-4-17(13(21)12(16)20)8-11(19)15-6-9-5-14-7-10(9)18;/h9-10,14,18H,2-8H2,1H3,(H,15,19);1H. The van der Waals surface area contributed by atoms with E-state index in [2.05, 4.69) is 10.6 Å². The Kier molecular flexibility index (Phi) is 7.05. The molecule has 2 atom stereocenters. The van der Waals surface area contributed by atoms with Crippen LogP contribution in [0.25, 0.3) is 0 Å². The van der Waals surface area contributed by atoms with Gasteiger partial charge in [0.15, 0.2) is 0 Å². The fourth-order valence-corrected chi connectivity index (χ4v) is 2.57. The molecule has 3 N–H and O–H groups in total. The Morgan fingerprint density at radius 3 is 2.50 bits per heavy atom. The Hall–Kier alpha value is -1.38. The number of β-amino-alcohol motifs (C(OH)–C–C–N with tert-alkyl or cyclic N) is 1. The first kappa shape index (κ1) is 18.7. The fraction of sp³-hybridized carbons (Fsp3) is 0.769. The third kappa shape index (κ3) is 4.31. The first-order valence-corrected chi connectivity index (χ1v) is 7.26. The number of amides is 3. The highest BCUT2D eigenvalue weighted by atomic mass is 35.5. The van der Waals surface area contributed by atoms with Crippen molar-refractivity contribution in [1.29, 1.82) is 0 Å². The van der Waals surface area contributed by atoms with Crippen molar-refractivity contribution in [1.82, 2.24) is 20.4 Å². The average molecular weight is 335 g/mol. The normalized spacial score (nSPS) is 25.2. The molecule has 0 aromatic rings. The number of carbonyl (C=O) groups excluding carboxylic acids is 3. The second kappa shape index (κ2) is 8.30. The Morgan fingerprint density at radius 1 is 1.27 bits per heavy atom. The maximum absolute atomic E-state index is 11.8. The van der Waals surface area contributed by atoms with Gasteiger partial charge in [-0.1, -0.05) is 0 Å². The third-order valence-corrected chi connectivity index (χ3v) is 3.98. The van der Waals surface area contributed by atoms with E-state index in [0.717, 1.165) is 0 Å². The highest BCUT2D eigenvalue weighted by Gasteiger charge is 2.32. The summed E-state index contributed by atoms with van der Waals surface area (Å²) in [7, 11) is 0. The van der Waals surface area contributed by atoms with Crippen LogP contribution in [0.1, 0.15) is 6.92 Å². The van der Waals surface area contributed by atoms with E-state index in [9.17, 15) is 19.5 Å². The summed E-state index contributed by atoms with van der Waals surface area (Å²) in [6.07, 6.45) is -0.457. The molecule has 0 spiro atoms. The molecule has 22 heavy (non-hydrogen) atoms. The van der Waals surface area contributed by atoms with E-state index in [-0.39, 0.29) is 30.8 Å². The molecule has 2 heterocycles. The Balaban J connectivity index is 0.00000242. The summed E-state index contributed by atoms with van der Waals surface area (Å²) in [6.45, 7) is 4.59. The summed E-state index contributed by atoms with van der Waals surface area (Å²) in [4.78, 5) is 38.2. The van der Waals surface area contributed by atoms with Crippen LogP contribution >= 0.6 is 12.4 Å². The summed E-state index contributed by atoms with van der Waals surface area (Å²) in [5, 5.41) is 15.4. The van der Waals surface area contributed by atoms with Crippen LogP contribution in [0.3, 0.4) is 0 Å². The zero-order valence-electron chi connectivity index (χ0n) is 12.6. The number of hydrogen-bond acceptors (Lipinski definition) is 5. The van der Waals surface area contributed by atoms with Gasteiger partial charge in [-0.15, -0.1) is 12.4 Å². The predicted octanol–water partition coefficient (Wildman–Crippen LogP) is -2.20. The second-order valence-corrected chi connectivity index (χ2v) is 5.40. The summed E-state index contributed by atoms with van der Waals surface area (Å²) in [5.41, 5.74) is 0. The van der Waals surface area contributed by atoms with Crippen LogP contribution < -0.4 is 10.6 Å². The summed E-state index contributed by atoms with van der Waals surface area (Å²) >= 11 is 0. The SMILES string of the molecule is CCN1CCN(CC(=O)NCC2CNCC2O)C(=O)C1=O.Cl. The molecule has 9 heteroatoms. The maximum Gasteiger partial charge on any atom is 0.312 e. The molecular formula is C13H23ClN4O4. The summed E-state index contributed by atoms with van der Waals surface area (Å²) in [5.74, 6) is -1.49. The minimum atomic E-state index is -0.624. The molecule has 0 aromatic heterocycles. The van der Waals surface area contributed by atoms with Crippen LogP contribution in [0, 0.1) is 5.92 Å². The van der Waals surface area contributed by atoms with E-state index in [1.807, 2.05) is 6.92 Å². The van der Waals surface area contributed by atoms with Crippen molar-refractivity contribution in [3.05, 3.63) is 0 Å². The molecule has 0 aromatic carbocycles. The Labute approximate surface area is 135 Å². The van der Waals surface area contributed by atoms with Gasteiger partial charge in [0.25, 0.3) is 0 Å². The third-order valence-electron chi connectivity index (χ3n) is 3.98. The molecule has 0 bridgehead atoms. The van der Waals surface area contributed by atoms with Crippen molar-refractivity contribution in [2.45, 2.75) is 13.0 Å². The highest BCUT2D eigenvalue weighted by molar-refractivity contribution is 6.35. The summed E-state index contributed by atoms with van der Waals surface area (Å²) in [6, 6.07) is 0. The van der Waals surface area contributed by atoms with Crippen LogP contribution in [0.5, 0.6) is 0 Å². The van der Waals surface area contributed by atoms with Crippen molar-refractivity contribution in [3.63, 3.8) is 0 Å². The monoisotopic (exact) mass is 334 g/mol. The molecule has 2 saturated heterocycles. The number of aliphatic hydroxyl groups excluding tert-OH is 1. The first-order valence-electron chi connectivity index (χ1n) is 7.26. The van der Waals surface area contributed by atoms with E-state index in [1.54, 1.807) is 0 Å². The number of nitrogens with zero attached hydrogens (tertiary/aromatic N) is 2. The lowest BCUT2D eigenvalue weighted by Gasteiger charge is -2.32. The topological polar surface area (TPSA) is 102 Å². The molecule has 126 valence electrons. The lowest BCUT2D eigenvalue weighted by atomic mass is 10.1. The van der Waals surface area contributed by atoms with Crippen molar-refractivity contribution in [2.75, 3.05) is 45.8 Å². The van der Waals surface area contributed by atoms with E-state index in [0.29, 0.717) is 39.3 Å². The number of halogens is 1. The van der Waals surface area contributed by atoms with Crippen molar-refractivity contribution in [3.8, 4) is 0 Å². The number of carbonyl (C=O) groups is 3. The van der Waals surface area contributed by atoms with Gasteiger partial charge in [0.2, 0.25) is 5.91 Å². The number of hydrogen-bond donors (Lipinski definition) is 3. The van der Waals surface area contributed by atoms with Gasteiger partial charge in [0.05, 0.1) is 6.10 Å².